The predicted octanol–water partition coefficient (Wildman–Crippen LogP) is 3.32. The van der Waals surface area contributed by atoms with Gasteiger partial charge in [0.25, 0.3) is 0 Å². The summed E-state index contributed by atoms with van der Waals surface area (Å²) in [7, 11) is 0. The molecule has 0 aliphatic carbocycles. The van der Waals surface area contributed by atoms with Crippen molar-refractivity contribution in [2.75, 3.05) is 13.1 Å². The van der Waals surface area contributed by atoms with Crippen LogP contribution in [0.5, 0.6) is 0 Å². The molecular formula is C14H19N. The van der Waals surface area contributed by atoms with Crippen LogP contribution in [0, 0.1) is 0 Å². The molecular weight excluding hydrogens is 182 g/mol. The molecule has 1 aliphatic heterocycles. The molecule has 0 amide bonds. The van der Waals surface area contributed by atoms with E-state index >= 15 is 0 Å². The van der Waals surface area contributed by atoms with Gasteiger partial charge >= 0.3 is 0 Å². The van der Waals surface area contributed by atoms with E-state index in [1.54, 1.807) is 0 Å². The van der Waals surface area contributed by atoms with Crippen molar-refractivity contribution in [3.8, 4) is 0 Å². The maximum absolute atomic E-state index is 2.53. The molecule has 1 saturated heterocycles. The molecule has 0 bridgehead atoms. The van der Waals surface area contributed by atoms with Crippen LogP contribution in [0.3, 0.4) is 0 Å². The highest BCUT2D eigenvalue weighted by Crippen LogP contribution is 2.13. The second-order valence-corrected chi connectivity index (χ2v) is 4.22. The molecule has 0 spiro atoms. The summed E-state index contributed by atoms with van der Waals surface area (Å²) >= 11 is 0. The van der Waals surface area contributed by atoms with Crippen LogP contribution in [0.15, 0.2) is 30.3 Å². The number of rotatable bonds is 3. The lowest BCUT2D eigenvalue weighted by Gasteiger charge is -2.14. The van der Waals surface area contributed by atoms with Crippen LogP contribution in [0.25, 0.3) is 6.08 Å². The molecule has 1 aromatic rings. The van der Waals surface area contributed by atoms with Gasteiger partial charge in [0.15, 0.2) is 0 Å². The summed E-state index contributed by atoms with van der Waals surface area (Å²) in [4.78, 5) is 2.53. The van der Waals surface area contributed by atoms with E-state index in [-0.39, 0.29) is 0 Å². The summed E-state index contributed by atoms with van der Waals surface area (Å²) in [5.74, 6) is 0. The normalized spacial score (nSPS) is 17.7. The van der Waals surface area contributed by atoms with E-state index in [4.69, 9.17) is 0 Å². The molecule has 0 aromatic heterocycles. The monoisotopic (exact) mass is 201 g/mol. The van der Waals surface area contributed by atoms with Gasteiger partial charge in [-0.1, -0.05) is 36.4 Å². The Kier molecular flexibility index (Phi) is 3.57. The average molecular weight is 201 g/mol. The first-order valence-corrected chi connectivity index (χ1v) is 5.82. The molecule has 1 heteroatoms. The van der Waals surface area contributed by atoms with Gasteiger partial charge in [-0.25, -0.2) is 0 Å². The Morgan fingerprint density at radius 3 is 2.40 bits per heavy atom. The Labute approximate surface area is 92.4 Å². The highest BCUT2D eigenvalue weighted by molar-refractivity contribution is 5.49. The molecule has 0 saturated carbocycles. The van der Waals surface area contributed by atoms with Crippen molar-refractivity contribution >= 4 is 6.08 Å². The van der Waals surface area contributed by atoms with E-state index in [9.17, 15) is 0 Å². The summed E-state index contributed by atoms with van der Waals surface area (Å²) < 4.78 is 0. The van der Waals surface area contributed by atoms with E-state index in [1.807, 2.05) is 0 Å². The van der Waals surface area contributed by atoms with Crippen LogP contribution >= 0.6 is 0 Å². The van der Waals surface area contributed by atoms with Crippen molar-refractivity contribution < 1.29 is 0 Å². The molecule has 1 heterocycles. The lowest BCUT2D eigenvalue weighted by atomic mass is 10.1. The predicted molar refractivity (Wildman–Crippen MR) is 65.7 cm³/mol. The van der Waals surface area contributed by atoms with Gasteiger partial charge in [-0.2, -0.15) is 0 Å². The van der Waals surface area contributed by atoms with Crippen molar-refractivity contribution in [3.63, 3.8) is 0 Å². The molecule has 0 atom stereocenters. The fourth-order valence-corrected chi connectivity index (χ4v) is 2.13. The molecule has 1 aromatic carbocycles. The van der Waals surface area contributed by atoms with Gasteiger partial charge in [0, 0.05) is 6.54 Å². The summed E-state index contributed by atoms with van der Waals surface area (Å²) in [6, 6.07) is 8.89. The average Bonchev–Trinajstić information content (AvgIpc) is 2.74. The molecule has 80 valence electrons. The van der Waals surface area contributed by atoms with Crippen LogP contribution < -0.4 is 0 Å². The second kappa shape index (κ2) is 5.13. The Bertz CT molecular complexity index is 318. The number of hydrogen-bond acceptors (Lipinski definition) is 1. The molecule has 0 unspecified atom stereocenters. The number of benzene rings is 1. The number of allylic oxidation sites excluding steroid dienone is 1. The largest absolute Gasteiger partial charge is 0.299 e. The van der Waals surface area contributed by atoms with Gasteiger partial charge in [-0.05, 0) is 44.0 Å². The van der Waals surface area contributed by atoms with Gasteiger partial charge < -0.3 is 0 Å². The van der Waals surface area contributed by atoms with Crippen LogP contribution in [0.4, 0.5) is 0 Å². The van der Waals surface area contributed by atoms with Gasteiger partial charge in [0.1, 0.15) is 0 Å². The van der Waals surface area contributed by atoms with E-state index in [0.29, 0.717) is 0 Å². The van der Waals surface area contributed by atoms with Crippen LogP contribution in [0.1, 0.15) is 30.9 Å². The van der Waals surface area contributed by atoms with Crippen molar-refractivity contribution in [1.29, 1.82) is 0 Å². The highest BCUT2D eigenvalue weighted by atomic mass is 15.1. The van der Waals surface area contributed by atoms with Gasteiger partial charge in [0.2, 0.25) is 0 Å². The van der Waals surface area contributed by atoms with E-state index < -0.39 is 0 Å². The standard InChI is InChI=1S/C14H19N/c1-2-5-13-6-8-14(9-7-13)12-15-10-3-4-11-15/h2,5-9H,3-4,10-12H2,1H3. The fourth-order valence-electron chi connectivity index (χ4n) is 2.13. The van der Waals surface area contributed by atoms with Crippen molar-refractivity contribution in [1.82, 2.24) is 4.90 Å². The van der Waals surface area contributed by atoms with Gasteiger partial charge in [-0.15, -0.1) is 0 Å². The number of nitrogens with zero attached hydrogens (tertiary/aromatic N) is 1. The first-order chi connectivity index (χ1) is 7.38. The summed E-state index contributed by atoms with van der Waals surface area (Å²) in [6.45, 7) is 5.72. The quantitative estimate of drug-likeness (QED) is 0.725. The third-order valence-electron chi connectivity index (χ3n) is 2.94. The van der Waals surface area contributed by atoms with Crippen molar-refractivity contribution in [2.45, 2.75) is 26.3 Å². The third-order valence-corrected chi connectivity index (χ3v) is 2.94. The zero-order chi connectivity index (χ0) is 10.5. The molecule has 1 nitrogen and oxygen atoms in total. The summed E-state index contributed by atoms with van der Waals surface area (Å²) in [5, 5.41) is 0. The first-order valence-electron chi connectivity index (χ1n) is 5.82. The Balaban J connectivity index is 1.97. The minimum atomic E-state index is 1.12. The molecule has 1 fully saturated rings. The minimum absolute atomic E-state index is 1.12. The zero-order valence-corrected chi connectivity index (χ0v) is 9.45. The molecule has 1 aliphatic rings. The van der Waals surface area contributed by atoms with Crippen LogP contribution in [-0.4, -0.2) is 18.0 Å². The Morgan fingerprint density at radius 2 is 1.80 bits per heavy atom. The summed E-state index contributed by atoms with van der Waals surface area (Å²) in [6.07, 6.45) is 6.96. The smallest absolute Gasteiger partial charge is 0.0233 e. The molecule has 15 heavy (non-hydrogen) atoms. The molecule has 2 rings (SSSR count). The van der Waals surface area contributed by atoms with Gasteiger partial charge in [0.05, 0.1) is 0 Å². The SMILES string of the molecule is CC=Cc1ccc(CN2CCCC2)cc1. The number of likely N-dealkylation sites (tertiary alicyclic amines) is 1. The highest BCUT2D eigenvalue weighted by Gasteiger charge is 2.10. The maximum atomic E-state index is 2.53. The minimum Gasteiger partial charge on any atom is -0.299 e. The second-order valence-electron chi connectivity index (χ2n) is 4.22. The topological polar surface area (TPSA) is 3.24 Å². The fraction of sp³-hybridized carbons (Fsp3) is 0.429. The Morgan fingerprint density at radius 1 is 1.13 bits per heavy atom. The maximum Gasteiger partial charge on any atom is 0.0233 e. The summed E-state index contributed by atoms with van der Waals surface area (Å²) in [5.41, 5.74) is 2.73. The van der Waals surface area contributed by atoms with E-state index in [1.165, 1.54) is 37.1 Å². The third kappa shape index (κ3) is 2.93. The van der Waals surface area contributed by atoms with Crippen molar-refractivity contribution in [2.24, 2.45) is 0 Å². The Hall–Kier alpha value is -1.08. The molecule has 0 N–H and O–H groups in total. The van der Waals surface area contributed by atoms with Crippen LogP contribution in [-0.2, 0) is 6.54 Å². The van der Waals surface area contributed by atoms with Crippen LogP contribution in [0.2, 0.25) is 0 Å². The lowest BCUT2D eigenvalue weighted by Crippen LogP contribution is -2.18. The van der Waals surface area contributed by atoms with E-state index in [0.717, 1.165) is 6.54 Å². The first kappa shape index (κ1) is 10.4. The zero-order valence-electron chi connectivity index (χ0n) is 9.45. The lowest BCUT2D eigenvalue weighted by molar-refractivity contribution is 0.331. The number of hydrogen-bond donors (Lipinski definition) is 0. The van der Waals surface area contributed by atoms with Gasteiger partial charge in [-0.3, -0.25) is 4.90 Å². The van der Waals surface area contributed by atoms with E-state index in [2.05, 4.69) is 48.2 Å². The van der Waals surface area contributed by atoms with Crippen molar-refractivity contribution in [3.05, 3.63) is 41.5 Å². The molecule has 0 radical (unpaired) electrons.